The SMILES string of the molecule is C=C1CC[C@H]2[C@@H]3CC[C@H]4C[C@H](C)CC[C@]4(C)[C@H]3CC[C@]12C. The zero-order valence-corrected chi connectivity index (χ0v) is 14.5. The van der Waals surface area contributed by atoms with Crippen LogP contribution in [0.2, 0.25) is 0 Å². The van der Waals surface area contributed by atoms with Crippen molar-refractivity contribution in [3.05, 3.63) is 12.2 Å². The number of hydrogen-bond acceptors (Lipinski definition) is 0. The van der Waals surface area contributed by atoms with Crippen LogP contribution in [0.15, 0.2) is 12.2 Å². The van der Waals surface area contributed by atoms with Gasteiger partial charge in [0, 0.05) is 0 Å². The molecule has 4 rings (SSSR count). The topological polar surface area (TPSA) is 0 Å². The van der Waals surface area contributed by atoms with E-state index in [-0.39, 0.29) is 0 Å². The average Bonchev–Trinajstić information content (AvgIpc) is 2.76. The Labute approximate surface area is 131 Å². The van der Waals surface area contributed by atoms with Gasteiger partial charge in [-0.05, 0) is 91.8 Å². The molecule has 4 fully saturated rings. The molecule has 0 nitrogen and oxygen atoms in total. The van der Waals surface area contributed by atoms with Crippen molar-refractivity contribution in [1.29, 1.82) is 0 Å². The lowest BCUT2D eigenvalue weighted by molar-refractivity contribution is -0.104. The van der Waals surface area contributed by atoms with E-state index in [0.29, 0.717) is 10.8 Å². The molecule has 0 unspecified atom stereocenters. The maximum absolute atomic E-state index is 4.46. The van der Waals surface area contributed by atoms with Crippen LogP contribution in [-0.4, -0.2) is 0 Å². The Bertz CT molecular complexity index is 449. The van der Waals surface area contributed by atoms with E-state index < -0.39 is 0 Å². The molecule has 0 amide bonds. The molecule has 7 atom stereocenters. The Hall–Kier alpha value is -0.260. The van der Waals surface area contributed by atoms with Crippen LogP contribution >= 0.6 is 0 Å². The summed E-state index contributed by atoms with van der Waals surface area (Å²) in [5.41, 5.74) is 2.78. The van der Waals surface area contributed by atoms with Gasteiger partial charge >= 0.3 is 0 Å². The molecule has 0 N–H and O–H groups in total. The molecule has 0 spiro atoms. The number of rotatable bonds is 0. The molecule has 4 aliphatic rings. The third-order valence-electron chi connectivity index (χ3n) is 8.88. The van der Waals surface area contributed by atoms with E-state index >= 15 is 0 Å². The lowest BCUT2D eigenvalue weighted by atomic mass is 9.44. The molecule has 0 aromatic rings. The third-order valence-corrected chi connectivity index (χ3v) is 8.88. The highest BCUT2D eigenvalue weighted by Crippen LogP contribution is 2.67. The molecular weight excluding hydrogens is 252 g/mol. The maximum Gasteiger partial charge on any atom is -0.00879 e. The van der Waals surface area contributed by atoms with Crippen LogP contribution in [-0.2, 0) is 0 Å². The van der Waals surface area contributed by atoms with Gasteiger partial charge < -0.3 is 0 Å². The maximum atomic E-state index is 4.46. The molecule has 0 saturated heterocycles. The first-order chi connectivity index (χ1) is 9.95. The van der Waals surface area contributed by atoms with E-state index in [2.05, 4.69) is 27.4 Å². The predicted octanol–water partition coefficient (Wildman–Crippen LogP) is 6.22. The fourth-order valence-corrected chi connectivity index (χ4v) is 7.38. The summed E-state index contributed by atoms with van der Waals surface area (Å²) in [5, 5.41) is 0. The van der Waals surface area contributed by atoms with Crippen LogP contribution in [0.4, 0.5) is 0 Å². The Morgan fingerprint density at radius 3 is 2.57 bits per heavy atom. The molecule has 4 aliphatic carbocycles. The predicted molar refractivity (Wildman–Crippen MR) is 90.0 cm³/mol. The summed E-state index contributed by atoms with van der Waals surface area (Å²) in [7, 11) is 0. The summed E-state index contributed by atoms with van der Waals surface area (Å²) in [4.78, 5) is 0. The Morgan fingerprint density at radius 1 is 0.952 bits per heavy atom. The van der Waals surface area contributed by atoms with Crippen LogP contribution in [0.3, 0.4) is 0 Å². The summed E-state index contributed by atoms with van der Waals surface area (Å²) in [6.07, 6.45) is 13.3. The summed E-state index contributed by atoms with van der Waals surface area (Å²) in [6, 6.07) is 0. The van der Waals surface area contributed by atoms with Gasteiger partial charge in [-0.25, -0.2) is 0 Å². The number of fused-ring (bicyclic) bond motifs is 5. The molecule has 0 bridgehead atoms. The van der Waals surface area contributed by atoms with Gasteiger partial charge in [-0.2, -0.15) is 0 Å². The molecule has 0 aliphatic heterocycles. The normalized spacial score (nSPS) is 56.5. The van der Waals surface area contributed by atoms with Gasteiger partial charge in [0.05, 0.1) is 0 Å². The van der Waals surface area contributed by atoms with Gasteiger partial charge in [0.1, 0.15) is 0 Å². The quantitative estimate of drug-likeness (QED) is 0.464. The van der Waals surface area contributed by atoms with E-state index in [4.69, 9.17) is 0 Å². The summed E-state index contributed by atoms with van der Waals surface area (Å²) >= 11 is 0. The van der Waals surface area contributed by atoms with Gasteiger partial charge in [-0.3, -0.25) is 0 Å². The second-order valence-corrected chi connectivity index (χ2v) is 9.63. The zero-order chi connectivity index (χ0) is 14.8. The zero-order valence-electron chi connectivity index (χ0n) is 14.5. The first-order valence-corrected chi connectivity index (χ1v) is 9.63. The molecule has 0 radical (unpaired) electrons. The van der Waals surface area contributed by atoms with Crippen molar-refractivity contribution in [3.63, 3.8) is 0 Å². The van der Waals surface area contributed by atoms with Crippen molar-refractivity contribution in [3.8, 4) is 0 Å². The molecule has 21 heavy (non-hydrogen) atoms. The molecule has 4 saturated carbocycles. The average molecular weight is 287 g/mol. The van der Waals surface area contributed by atoms with E-state index in [1.165, 1.54) is 57.8 Å². The van der Waals surface area contributed by atoms with Crippen molar-refractivity contribution in [2.24, 2.45) is 40.4 Å². The van der Waals surface area contributed by atoms with Crippen LogP contribution in [0.1, 0.15) is 78.6 Å². The highest BCUT2D eigenvalue weighted by Gasteiger charge is 2.58. The highest BCUT2D eigenvalue weighted by molar-refractivity contribution is 5.21. The second-order valence-electron chi connectivity index (χ2n) is 9.63. The number of allylic oxidation sites excluding steroid dienone is 1. The highest BCUT2D eigenvalue weighted by atomic mass is 14.6. The Balaban J connectivity index is 1.64. The van der Waals surface area contributed by atoms with E-state index in [1.807, 2.05) is 0 Å². The van der Waals surface area contributed by atoms with Gasteiger partial charge in [0.25, 0.3) is 0 Å². The minimum absolute atomic E-state index is 0.506. The van der Waals surface area contributed by atoms with Crippen LogP contribution in [0.25, 0.3) is 0 Å². The van der Waals surface area contributed by atoms with Gasteiger partial charge in [-0.1, -0.05) is 39.3 Å². The lowest BCUT2D eigenvalue weighted by Gasteiger charge is -2.60. The van der Waals surface area contributed by atoms with E-state index in [9.17, 15) is 0 Å². The van der Waals surface area contributed by atoms with Gasteiger partial charge in [0.15, 0.2) is 0 Å². The first kappa shape index (κ1) is 14.3. The van der Waals surface area contributed by atoms with Crippen molar-refractivity contribution in [2.75, 3.05) is 0 Å². The second kappa shape index (κ2) is 4.62. The molecular formula is C21H34. The van der Waals surface area contributed by atoms with Crippen LogP contribution < -0.4 is 0 Å². The Kier molecular flexibility index (Phi) is 3.15. The van der Waals surface area contributed by atoms with Gasteiger partial charge in [-0.15, -0.1) is 0 Å². The Morgan fingerprint density at radius 2 is 1.76 bits per heavy atom. The first-order valence-electron chi connectivity index (χ1n) is 9.63. The molecule has 0 heteroatoms. The number of hydrogen-bond donors (Lipinski definition) is 0. The van der Waals surface area contributed by atoms with Crippen LogP contribution in [0.5, 0.6) is 0 Å². The summed E-state index contributed by atoms with van der Waals surface area (Å²) in [6.45, 7) is 12.2. The fourth-order valence-electron chi connectivity index (χ4n) is 7.38. The molecule has 0 aromatic heterocycles. The van der Waals surface area contributed by atoms with Crippen molar-refractivity contribution < 1.29 is 0 Å². The van der Waals surface area contributed by atoms with E-state index in [0.717, 1.165) is 29.6 Å². The molecule has 0 heterocycles. The standard InChI is InChI=1S/C21H34/c1-14-9-11-21(4)16(13-14)6-7-17-18-8-5-15(2)20(18,3)12-10-19(17)21/h14,16-19H,2,5-13H2,1,3-4H3/t14-,16+,17+,18+,19+,20-,21+/m1/s1. The van der Waals surface area contributed by atoms with Crippen LogP contribution in [0, 0.1) is 40.4 Å². The summed E-state index contributed by atoms with van der Waals surface area (Å²) in [5.74, 6) is 5.06. The van der Waals surface area contributed by atoms with Crippen molar-refractivity contribution >= 4 is 0 Å². The fraction of sp³-hybridized carbons (Fsp3) is 0.905. The minimum Gasteiger partial charge on any atom is -0.0993 e. The third kappa shape index (κ3) is 1.86. The molecule has 118 valence electrons. The van der Waals surface area contributed by atoms with Crippen molar-refractivity contribution in [1.82, 2.24) is 0 Å². The lowest BCUT2D eigenvalue weighted by Crippen LogP contribution is -2.52. The minimum atomic E-state index is 0.506. The van der Waals surface area contributed by atoms with Gasteiger partial charge in [0.2, 0.25) is 0 Å². The van der Waals surface area contributed by atoms with Crippen molar-refractivity contribution in [2.45, 2.75) is 78.6 Å². The van der Waals surface area contributed by atoms with E-state index in [1.54, 1.807) is 5.57 Å². The smallest absolute Gasteiger partial charge is 0.00879 e. The molecule has 0 aromatic carbocycles. The monoisotopic (exact) mass is 286 g/mol. The summed E-state index contributed by atoms with van der Waals surface area (Å²) < 4.78 is 0. The largest absolute Gasteiger partial charge is 0.0993 e.